The van der Waals surface area contributed by atoms with Crippen molar-refractivity contribution in [3.63, 3.8) is 0 Å². The fourth-order valence-corrected chi connectivity index (χ4v) is 5.92. The number of amides is 2. The van der Waals surface area contributed by atoms with Gasteiger partial charge >= 0.3 is 6.09 Å². The van der Waals surface area contributed by atoms with Crippen LogP contribution in [0.2, 0.25) is 0 Å². The fraction of sp³-hybridized carbons (Fsp3) is 0.762. The van der Waals surface area contributed by atoms with E-state index >= 15 is 0 Å². The lowest BCUT2D eigenvalue weighted by Crippen LogP contribution is -2.51. The van der Waals surface area contributed by atoms with Gasteiger partial charge in [0.15, 0.2) is 0 Å². The Hall–Kier alpha value is -1.70. The number of aromatic nitrogens is 1. The maximum Gasteiger partial charge on any atom is 0.410 e. The molecule has 2 bridgehead atoms. The van der Waals surface area contributed by atoms with Gasteiger partial charge in [-0.2, -0.15) is 0 Å². The van der Waals surface area contributed by atoms with E-state index in [9.17, 15) is 9.59 Å². The number of carbonyl (C=O) groups is 2. The Kier molecular flexibility index (Phi) is 5.57. The van der Waals surface area contributed by atoms with Gasteiger partial charge in [0, 0.05) is 18.3 Å². The number of nitrogens with zero attached hydrogens (tertiary/aromatic N) is 3. The average Bonchev–Trinajstić information content (AvgIpc) is 3.36. The smallest absolute Gasteiger partial charge is 0.410 e. The number of likely N-dealkylation sites (tertiary alicyclic amines) is 2. The van der Waals surface area contributed by atoms with Crippen molar-refractivity contribution in [1.82, 2.24) is 15.0 Å². The van der Waals surface area contributed by atoms with E-state index in [-0.39, 0.29) is 24.1 Å². The van der Waals surface area contributed by atoms with Crippen LogP contribution in [0, 0.1) is 6.92 Å². The minimum atomic E-state index is -0.517. The maximum atomic E-state index is 13.3. The molecule has 29 heavy (non-hydrogen) atoms. The lowest BCUT2D eigenvalue weighted by atomic mass is 10.0. The second kappa shape index (κ2) is 7.85. The van der Waals surface area contributed by atoms with Crippen molar-refractivity contribution >= 4 is 23.8 Å². The Bertz CT molecular complexity index is 781. The molecule has 3 aliphatic rings. The predicted octanol–water partition coefficient (Wildman–Crippen LogP) is 4.24. The van der Waals surface area contributed by atoms with E-state index in [2.05, 4.69) is 5.16 Å². The summed E-state index contributed by atoms with van der Waals surface area (Å²) >= 11 is 1.76. The molecule has 3 fully saturated rings. The fourth-order valence-electron chi connectivity index (χ4n) is 4.58. The van der Waals surface area contributed by atoms with Crippen LogP contribution in [0.3, 0.4) is 0 Å². The monoisotopic (exact) mass is 421 g/mol. The van der Waals surface area contributed by atoms with Crippen LogP contribution in [-0.2, 0) is 4.74 Å². The molecule has 2 amide bonds. The van der Waals surface area contributed by atoms with Gasteiger partial charge in [0.2, 0.25) is 5.76 Å². The number of hydrogen-bond acceptors (Lipinski definition) is 6. The van der Waals surface area contributed by atoms with Gasteiger partial charge in [0.05, 0.1) is 22.7 Å². The summed E-state index contributed by atoms with van der Waals surface area (Å²) < 4.78 is 11.0. The zero-order valence-corrected chi connectivity index (χ0v) is 18.6. The van der Waals surface area contributed by atoms with E-state index in [0.717, 1.165) is 17.0 Å². The van der Waals surface area contributed by atoms with Gasteiger partial charge in [-0.3, -0.25) is 4.79 Å². The van der Waals surface area contributed by atoms with Crippen molar-refractivity contribution in [3.05, 3.63) is 11.5 Å². The molecule has 2 aliphatic heterocycles. The number of thioether (sulfide) groups is 1. The van der Waals surface area contributed by atoms with E-state index < -0.39 is 5.60 Å². The summed E-state index contributed by atoms with van der Waals surface area (Å²) in [7, 11) is 0. The highest BCUT2D eigenvalue weighted by atomic mass is 32.2. The molecule has 8 heteroatoms. The summed E-state index contributed by atoms with van der Waals surface area (Å²) in [5, 5.41) is 4.63. The van der Waals surface area contributed by atoms with Crippen LogP contribution in [0.5, 0.6) is 0 Å². The molecule has 2 atom stereocenters. The van der Waals surface area contributed by atoms with Crippen molar-refractivity contribution in [2.45, 2.75) is 94.1 Å². The zero-order chi connectivity index (χ0) is 20.8. The predicted molar refractivity (Wildman–Crippen MR) is 110 cm³/mol. The number of aryl methyl sites for hydroxylation is 1. The van der Waals surface area contributed by atoms with E-state index in [4.69, 9.17) is 9.26 Å². The Morgan fingerprint density at radius 3 is 2.38 bits per heavy atom. The van der Waals surface area contributed by atoms with Crippen molar-refractivity contribution < 1.29 is 18.8 Å². The van der Waals surface area contributed by atoms with Crippen LogP contribution in [0.25, 0.3) is 0 Å². The van der Waals surface area contributed by atoms with Crippen LogP contribution in [0.15, 0.2) is 9.42 Å². The quantitative estimate of drug-likeness (QED) is 0.727. The third kappa shape index (κ3) is 4.27. The summed E-state index contributed by atoms with van der Waals surface area (Å²) in [4.78, 5) is 30.2. The van der Waals surface area contributed by atoms with Crippen molar-refractivity contribution in [2.75, 3.05) is 13.1 Å². The van der Waals surface area contributed by atoms with Crippen molar-refractivity contribution in [1.29, 1.82) is 0 Å². The molecule has 0 N–H and O–H groups in total. The maximum absolute atomic E-state index is 13.3. The van der Waals surface area contributed by atoms with Crippen LogP contribution >= 0.6 is 11.8 Å². The highest BCUT2D eigenvalue weighted by Gasteiger charge is 2.49. The molecule has 0 aromatic carbocycles. The average molecular weight is 422 g/mol. The molecule has 7 nitrogen and oxygen atoms in total. The van der Waals surface area contributed by atoms with Gasteiger partial charge in [-0.05, 0) is 47.0 Å². The van der Waals surface area contributed by atoms with E-state index in [1.807, 2.05) is 32.6 Å². The normalized spacial score (nSPS) is 25.0. The molecule has 1 saturated carbocycles. The van der Waals surface area contributed by atoms with E-state index in [1.165, 1.54) is 32.1 Å². The molecule has 0 unspecified atom stereocenters. The molecule has 4 rings (SSSR count). The lowest BCUT2D eigenvalue weighted by molar-refractivity contribution is 0.0121. The molecule has 160 valence electrons. The topological polar surface area (TPSA) is 75.9 Å². The van der Waals surface area contributed by atoms with Gasteiger partial charge < -0.3 is 19.1 Å². The summed E-state index contributed by atoms with van der Waals surface area (Å²) in [6, 6.07) is 0.0234. The van der Waals surface area contributed by atoms with Gasteiger partial charge in [0.25, 0.3) is 5.91 Å². The molecule has 0 radical (unpaired) electrons. The minimum Gasteiger partial charge on any atom is -0.444 e. The molecule has 1 aliphatic carbocycles. The Labute approximate surface area is 176 Å². The van der Waals surface area contributed by atoms with E-state index in [0.29, 0.717) is 24.1 Å². The summed E-state index contributed by atoms with van der Waals surface area (Å²) in [5.41, 5.74) is 0.278. The van der Waals surface area contributed by atoms with Gasteiger partial charge in [-0.25, -0.2) is 4.79 Å². The number of ether oxygens (including phenoxy) is 1. The number of carbonyl (C=O) groups excluding carboxylic acids is 2. The summed E-state index contributed by atoms with van der Waals surface area (Å²) in [5.74, 6) is 0.273. The zero-order valence-electron chi connectivity index (χ0n) is 17.8. The van der Waals surface area contributed by atoms with Crippen molar-refractivity contribution in [2.24, 2.45) is 0 Å². The molecule has 0 spiro atoms. The summed E-state index contributed by atoms with van der Waals surface area (Å²) in [6.45, 7) is 8.55. The molecule has 1 aromatic rings. The molecular weight excluding hydrogens is 390 g/mol. The molecule has 1 aromatic heterocycles. The summed E-state index contributed by atoms with van der Waals surface area (Å²) in [6.07, 6.45) is 6.68. The van der Waals surface area contributed by atoms with Gasteiger partial charge in [-0.1, -0.05) is 24.4 Å². The minimum absolute atomic E-state index is 0.0114. The first-order valence-corrected chi connectivity index (χ1v) is 11.5. The van der Waals surface area contributed by atoms with Crippen LogP contribution < -0.4 is 0 Å². The second-order valence-corrected chi connectivity index (χ2v) is 10.7. The third-order valence-electron chi connectivity index (χ3n) is 5.97. The van der Waals surface area contributed by atoms with Crippen LogP contribution in [-0.4, -0.2) is 63.0 Å². The second-order valence-electron chi connectivity index (χ2n) is 9.44. The first-order chi connectivity index (χ1) is 13.7. The van der Waals surface area contributed by atoms with Crippen molar-refractivity contribution in [3.8, 4) is 0 Å². The SMILES string of the molecule is Cc1noc(C(=O)N2C[C@@H]3C[C@H]2CN3C(=O)OC(C)(C)C)c1SC1CCCCC1. The Morgan fingerprint density at radius 2 is 1.76 bits per heavy atom. The van der Waals surface area contributed by atoms with Gasteiger partial charge in [-0.15, -0.1) is 11.8 Å². The highest BCUT2D eigenvalue weighted by Crippen LogP contribution is 2.39. The number of rotatable bonds is 3. The lowest BCUT2D eigenvalue weighted by Gasteiger charge is -2.34. The van der Waals surface area contributed by atoms with Gasteiger partial charge in [0.1, 0.15) is 5.60 Å². The first kappa shape index (κ1) is 20.6. The Morgan fingerprint density at radius 1 is 1.10 bits per heavy atom. The molecular formula is C21H31N3O4S. The Balaban J connectivity index is 1.43. The number of hydrogen-bond donors (Lipinski definition) is 0. The highest BCUT2D eigenvalue weighted by molar-refractivity contribution is 8.00. The third-order valence-corrected chi connectivity index (χ3v) is 7.49. The number of piperazine rings is 1. The first-order valence-electron chi connectivity index (χ1n) is 10.7. The van der Waals surface area contributed by atoms with E-state index in [1.54, 1.807) is 16.7 Å². The largest absolute Gasteiger partial charge is 0.444 e. The molecule has 2 saturated heterocycles. The molecule has 3 heterocycles. The standard InChI is InChI=1S/C21H31N3O4S/c1-13-18(29-16-8-6-5-7-9-16)17(28-22-13)19(25)23-11-15-10-14(23)12-24(15)20(26)27-21(2,3)4/h14-16H,5-12H2,1-4H3/t14-,15-/m0/s1. The van der Waals surface area contributed by atoms with Crippen LogP contribution in [0.1, 0.15) is 75.5 Å². The number of fused-ring (bicyclic) bond motifs is 2. The van der Waals surface area contributed by atoms with Crippen LogP contribution in [0.4, 0.5) is 4.79 Å².